The van der Waals surface area contributed by atoms with E-state index in [9.17, 15) is 4.79 Å². The number of fused-ring (bicyclic) bond motifs is 1. The maximum atomic E-state index is 12.0. The van der Waals surface area contributed by atoms with Gasteiger partial charge < -0.3 is 10.6 Å². The molecule has 0 fully saturated rings. The van der Waals surface area contributed by atoms with Crippen LogP contribution in [0.25, 0.3) is 0 Å². The number of amides is 1. The summed E-state index contributed by atoms with van der Waals surface area (Å²) in [5.74, 6) is 0.737. The summed E-state index contributed by atoms with van der Waals surface area (Å²) in [6.07, 6.45) is 3.27. The van der Waals surface area contributed by atoms with Crippen LogP contribution in [0.15, 0.2) is 18.2 Å². The van der Waals surface area contributed by atoms with Crippen LogP contribution in [0.4, 0.5) is 5.69 Å². The van der Waals surface area contributed by atoms with E-state index >= 15 is 0 Å². The van der Waals surface area contributed by atoms with Crippen LogP contribution < -0.4 is 10.6 Å². The minimum atomic E-state index is 0.0373. The molecule has 2 rings (SSSR count). The van der Waals surface area contributed by atoms with Crippen LogP contribution in [0.5, 0.6) is 0 Å². The predicted octanol–water partition coefficient (Wildman–Crippen LogP) is 2.82. The monoisotopic (exact) mass is 246 g/mol. The lowest BCUT2D eigenvalue weighted by Crippen LogP contribution is -2.24. The Morgan fingerprint density at radius 1 is 1.44 bits per heavy atom. The SMILES string of the molecule is CC(C)CCCNC(=O)c1ccc2c(c1)NCC2. The van der Waals surface area contributed by atoms with Crippen molar-refractivity contribution in [2.24, 2.45) is 5.92 Å². The molecule has 0 radical (unpaired) electrons. The van der Waals surface area contributed by atoms with Gasteiger partial charge in [0, 0.05) is 24.3 Å². The molecule has 18 heavy (non-hydrogen) atoms. The van der Waals surface area contributed by atoms with Gasteiger partial charge >= 0.3 is 0 Å². The van der Waals surface area contributed by atoms with Gasteiger partial charge in [0.1, 0.15) is 0 Å². The highest BCUT2D eigenvalue weighted by atomic mass is 16.1. The molecular formula is C15H22N2O. The van der Waals surface area contributed by atoms with Gasteiger partial charge in [0.2, 0.25) is 0 Å². The minimum Gasteiger partial charge on any atom is -0.384 e. The molecule has 1 heterocycles. The van der Waals surface area contributed by atoms with Gasteiger partial charge in [-0.05, 0) is 42.9 Å². The molecule has 98 valence electrons. The van der Waals surface area contributed by atoms with Crippen LogP contribution >= 0.6 is 0 Å². The van der Waals surface area contributed by atoms with Gasteiger partial charge in [-0.15, -0.1) is 0 Å². The van der Waals surface area contributed by atoms with Gasteiger partial charge in [-0.3, -0.25) is 4.79 Å². The Labute approximate surface area is 109 Å². The molecule has 0 spiro atoms. The van der Waals surface area contributed by atoms with Crippen molar-refractivity contribution in [1.82, 2.24) is 5.32 Å². The van der Waals surface area contributed by atoms with Crippen molar-refractivity contribution in [3.8, 4) is 0 Å². The normalized spacial score (nSPS) is 13.3. The molecule has 0 saturated carbocycles. The molecule has 0 saturated heterocycles. The lowest BCUT2D eigenvalue weighted by Gasteiger charge is -2.08. The maximum Gasteiger partial charge on any atom is 0.251 e. The lowest BCUT2D eigenvalue weighted by molar-refractivity contribution is 0.0952. The molecular weight excluding hydrogens is 224 g/mol. The molecule has 0 aliphatic carbocycles. The number of nitrogens with one attached hydrogen (secondary N) is 2. The van der Waals surface area contributed by atoms with Crippen molar-refractivity contribution in [2.45, 2.75) is 33.1 Å². The Morgan fingerprint density at radius 2 is 2.28 bits per heavy atom. The van der Waals surface area contributed by atoms with E-state index < -0.39 is 0 Å². The zero-order valence-corrected chi connectivity index (χ0v) is 11.3. The third kappa shape index (κ3) is 3.25. The van der Waals surface area contributed by atoms with E-state index in [-0.39, 0.29) is 5.91 Å². The van der Waals surface area contributed by atoms with E-state index in [0.717, 1.165) is 43.6 Å². The molecule has 1 amide bonds. The van der Waals surface area contributed by atoms with Gasteiger partial charge in [-0.1, -0.05) is 19.9 Å². The second-order valence-corrected chi connectivity index (χ2v) is 5.34. The third-order valence-electron chi connectivity index (χ3n) is 3.33. The van der Waals surface area contributed by atoms with Crippen molar-refractivity contribution in [3.05, 3.63) is 29.3 Å². The number of carbonyl (C=O) groups is 1. The Balaban J connectivity index is 1.85. The number of anilines is 1. The number of carbonyl (C=O) groups excluding carboxylic acids is 1. The summed E-state index contributed by atoms with van der Waals surface area (Å²) in [6, 6.07) is 5.93. The maximum absolute atomic E-state index is 12.0. The molecule has 1 aliphatic rings. The van der Waals surface area contributed by atoms with E-state index in [1.807, 2.05) is 12.1 Å². The number of hydrogen-bond acceptors (Lipinski definition) is 2. The van der Waals surface area contributed by atoms with Crippen LogP contribution in [-0.2, 0) is 6.42 Å². The van der Waals surface area contributed by atoms with Gasteiger partial charge in [0.15, 0.2) is 0 Å². The van der Waals surface area contributed by atoms with E-state index in [4.69, 9.17) is 0 Å². The Kier molecular flexibility index (Phi) is 4.24. The molecule has 0 unspecified atom stereocenters. The minimum absolute atomic E-state index is 0.0373. The fourth-order valence-corrected chi connectivity index (χ4v) is 2.25. The largest absolute Gasteiger partial charge is 0.384 e. The number of hydrogen-bond donors (Lipinski definition) is 2. The van der Waals surface area contributed by atoms with Crippen molar-refractivity contribution >= 4 is 11.6 Å². The Bertz CT molecular complexity index is 427. The van der Waals surface area contributed by atoms with E-state index in [2.05, 4.69) is 30.5 Å². The molecule has 0 bridgehead atoms. The summed E-state index contributed by atoms with van der Waals surface area (Å²) < 4.78 is 0. The second-order valence-electron chi connectivity index (χ2n) is 5.34. The zero-order valence-electron chi connectivity index (χ0n) is 11.3. The van der Waals surface area contributed by atoms with Gasteiger partial charge in [-0.2, -0.15) is 0 Å². The molecule has 0 aromatic heterocycles. The van der Waals surface area contributed by atoms with Crippen LogP contribution in [0.1, 0.15) is 42.6 Å². The van der Waals surface area contributed by atoms with E-state index in [1.54, 1.807) is 0 Å². The van der Waals surface area contributed by atoms with Crippen LogP contribution in [-0.4, -0.2) is 19.0 Å². The number of rotatable bonds is 5. The smallest absolute Gasteiger partial charge is 0.251 e. The van der Waals surface area contributed by atoms with Crippen molar-refractivity contribution < 1.29 is 4.79 Å². The molecule has 3 heteroatoms. The highest BCUT2D eigenvalue weighted by molar-refractivity contribution is 5.95. The summed E-state index contributed by atoms with van der Waals surface area (Å²) >= 11 is 0. The van der Waals surface area contributed by atoms with Crippen LogP contribution in [0.2, 0.25) is 0 Å². The fraction of sp³-hybridized carbons (Fsp3) is 0.533. The van der Waals surface area contributed by atoms with Gasteiger partial charge in [0.25, 0.3) is 5.91 Å². The first-order valence-electron chi connectivity index (χ1n) is 6.82. The molecule has 2 N–H and O–H groups in total. The quantitative estimate of drug-likeness (QED) is 0.784. The summed E-state index contributed by atoms with van der Waals surface area (Å²) in [6.45, 7) is 6.15. The van der Waals surface area contributed by atoms with Crippen LogP contribution in [0.3, 0.4) is 0 Å². The third-order valence-corrected chi connectivity index (χ3v) is 3.33. The standard InChI is InChI=1S/C15H22N2O/c1-11(2)4-3-8-17-15(18)13-6-5-12-7-9-16-14(12)10-13/h5-6,10-11,16H,3-4,7-9H2,1-2H3,(H,17,18). The first kappa shape index (κ1) is 12.9. The summed E-state index contributed by atoms with van der Waals surface area (Å²) in [5, 5.41) is 6.28. The van der Waals surface area contributed by atoms with Crippen molar-refractivity contribution in [2.75, 3.05) is 18.4 Å². The topological polar surface area (TPSA) is 41.1 Å². The molecule has 3 nitrogen and oxygen atoms in total. The fourth-order valence-electron chi connectivity index (χ4n) is 2.25. The summed E-state index contributed by atoms with van der Waals surface area (Å²) in [4.78, 5) is 12.0. The molecule has 1 aromatic rings. The predicted molar refractivity (Wildman–Crippen MR) is 75.0 cm³/mol. The highest BCUT2D eigenvalue weighted by Gasteiger charge is 2.12. The van der Waals surface area contributed by atoms with Crippen molar-refractivity contribution in [3.63, 3.8) is 0 Å². The number of benzene rings is 1. The molecule has 0 atom stereocenters. The second kappa shape index (κ2) is 5.89. The lowest BCUT2D eigenvalue weighted by atomic mass is 10.1. The summed E-state index contributed by atoms with van der Waals surface area (Å²) in [5.41, 5.74) is 3.18. The molecule has 1 aliphatic heterocycles. The van der Waals surface area contributed by atoms with Crippen LogP contribution in [0, 0.1) is 5.92 Å². The zero-order chi connectivity index (χ0) is 13.0. The van der Waals surface area contributed by atoms with Gasteiger partial charge in [-0.25, -0.2) is 0 Å². The Hall–Kier alpha value is -1.51. The van der Waals surface area contributed by atoms with Gasteiger partial charge in [0.05, 0.1) is 0 Å². The average molecular weight is 246 g/mol. The average Bonchev–Trinajstić information content (AvgIpc) is 2.81. The van der Waals surface area contributed by atoms with E-state index in [1.165, 1.54) is 5.56 Å². The first-order chi connectivity index (χ1) is 8.66. The Morgan fingerprint density at radius 3 is 3.06 bits per heavy atom. The highest BCUT2D eigenvalue weighted by Crippen LogP contribution is 2.23. The van der Waals surface area contributed by atoms with E-state index in [0.29, 0.717) is 5.92 Å². The molecule has 1 aromatic carbocycles. The first-order valence-corrected chi connectivity index (χ1v) is 6.82. The van der Waals surface area contributed by atoms with Crippen molar-refractivity contribution in [1.29, 1.82) is 0 Å². The summed E-state index contributed by atoms with van der Waals surface area (Å²) in [7, 11) is 0.